The summed E-state index contributed by atoms with van der Waals surface area (Å²) >= 11 is 2.12. The molecule has 1 aromatic heterocycles. The lowest BCUT2D eigenvalue weighted by Crippen LogP contribution is -2.33. The van der Waals surface area contributed by atoms with Crippen LogP contribution in [-0.4, -0.2) is 21.6 Å². The quantitative estimate of drug-likeness (QED) is 0.897. The van der Waals surface area contributed by atoms with E-state index in [2.05, 4.69) is 66.1 Å². The molecule has 0 amide bonds. The first-order valence-corrected chi connectivity index (χ1v) is 8.72. The Morgan fingerprint density at radius 3 is 3.00 bits per heavy atom. The number of aryl methyl sites for hydroxylation is 1. The normalized spacial score (nSPS) is 22.7. The third kappa shape index (κ3) is 2.75. The van der Waals surface area contributed by atoms with Gasteiger partial charge in [0.1, 0.15) is 0 Å². The van der Waals surface area contributed by atoms with E-state index in [1.54, 1.807) is 0 Å². The molecule has 2 atom stereocenters. The first-order valence-electron chi connectivity index (χ1n) is 7.67. The third-order valence-corrected chi connectivity index (χ3v) is 5.69. The van der Waals surface area contributed by atoms with E-state index in [1.807, 2.05) is 0 Å². The summed E-state index contributed by atoms with van der Waals surface area (Å²) < 4.78 is 2.24. The highest BCUT2D eigenvalue weighted by Gasteiger charge is 2.26. The van der Waals surface area contributed by atoms with Crippen LogP contribution in [0.5, 0.6) is 0 Å². The maximum absolute atomic E-state index is 3.80. The molecular weight excluding hydrogens is 264 g/mol. The Morgan fingerprint density at radius 2 is 2.15 bits per heavy atom. The molecule has 2 nitrogen and oxygen atoms in total. The molecule has 3 heteroatoms. The van der Waals surface area contributed by atoms with Gasteiger partial charge in [0.25, 0.3) is 0 Å². The highest BCUT2D eigenvalue weighted by Crippen LogP contribution is 2.30. The second kappa shape index (κ2) is 6.23. The van der Waals surface area contributed by atoms with Crippen LogP contribution in [0.15, 0.2) is 30.5 Å². The zero-order valence-corrected chi connectivity index (χ0v) is 13.2. The Hall–Kier alpha value is -0.930. The van der Waals surface area contributed by atoms with E-state index in [-0.39, 0.29) is 0 Å². The molecule has 1 aliphatic carbocycles. The lowest BCUT2D eigenvalue weighted by atomic mass is 10.1. The molecule has 0 spiro atoms. The first kappa shape index (κ1) is 14.0. The number of nitrogens with one attached hydrogen (secondary N) is 1. The van der Waals surface area contributed by atoms with Gasteiger partial charge in [0, 0.05) is 42.0 Å². The van der Waals surface area contributed by atoms with Gasteiger partial charge in [-0.3, -0.25) is 0 Å². The predicted octanol–water partition coefficient (Wildman–Crippen LogP) is 3.94. The summed E-state index contributed by atoms with van der Waals surface area (Å²) in [5.41, 5.74) is 2.76. The van der Waals surface area contributed by atoms with Crippen molar-refractivity contribution in [3.63, 3.8) is 0 Å². The molecule has 0 aliphatic heterocycles. The number of para-hydroxylation sites is 1. The Balaban J connectivity index is 1.71. The highest BCUT2D eigenvalue weighted by molar-refractivity contribution is 7.99. The molecule has 0 radical (unpaired) electrons. The molecule has 1 fully saturated rings. The van der Waals surface area contributed by atoms with Crippen LogP contribution in [0.1, 0.15) is 31.7 Å². The van der Waals surface area contributed by atoms with Gasteiger partial charge in [-0.15, -0.1) is 0 Å². The SMILES string of the molecule is CCSC1CCCC1NCc1cn(C)c2ccccc12. The lowest BCUT2D eigenvalue weighted by molar-refractivity contribution is 0.533. The Bertz CT molecular complexity index is 575. The van der Waals surface area contributed by atoms with E-state index in [1.165, 1.54) is 41.5 Å². The molecule has 2 aromatic rings. The van der Waals surface area contributed by atoms with Crippen LogP contribution in [-0.2, 0) is 13.6 Å². The largest absolute Gasteiger partial charge is 0.350 e. The number of hydrogen-bond donors (Lipinski definition) is 1. The molecule has 0 bridgehead atoms. The van der Waals surface area contributed by atoms with Gasteiger partial charge in [0.15, 0.2) is 0 Å². The molecular formula is C17H24N2S. The van der Waals surface area contributed by atoms with E-state index in [0.29, 0.717) is 6.04 Å². The monoisotopic (exact) mass is 288 g/mol. The molecule has 1 saturated carbocycles. The fraction of sp³-hybridized carbons (Fsp3) is 0.529. The smallest absolute Gasteiger partial charge is 0.0481 e. The maximum atomic E-state index is 3.80. The van der Waals surface area contributed by atoms with E-state index >= 15 is 0 Å². The number of fused-ring (bicyclic) bond motifs is 1. The van der Waals surface area contributed by atoms with Crippen LogP contribution in [0.4, 0.5) is 0 Å². The number of aromatic nitrogens is 1. The number of thioether (sulfide) groups is 1. The summed E-state index contributed by atoms with van der Waals surface area (Å²) in [4.78, 5) is 0. The van der Waals surface area contributed by atoms with E-state index < -0.39 is 0 Å². The minimum absolute atomic E-state index is 0.693. The van der Waals surface area contributed by atoms with Gasteiger partial charge in [-0.2, -0.15) is 11.8 Å². The summed E-state index contributed by atoms with van der Waals surface area (Å²) in [7, 11) is 2.14. The zero-order chi connectivity index (χ0) is 13.9. The standard InChI is InChI=1S/C17H24N2S/c1-3-20-17-10-6-8-15(17)18-11-13-12-19(2)16-9-5-4-7-14(13)16/h4-5,7,9,12,15,17-18H,3,6,8,10-11H2,1-2H3. The fourth-order valence-electron chi connectivity index (χ4n) is 3.38. The minimum atomic E-state index is 0.693. The van der Waals surface area contributed by atoms with E-state index in [0.717, 1.165) is 11.8 Å². The molecule has 1 aromatic carbocycles. The lowest BCUT2D eigenvalue weighted by Gasteiger charge is -2.20. The topological polar surface area (TPSA) is 17.0 Å². The zero-order valence-electron chi connectivity index (χ0n) is 12.4. The molecule has 2 unspecified atom stereocenters. The van der Waals surface area contributed by atoms with Crippen molar-refractivity contribution in [1.29, 1.82) is 0 Å². The van der Waals surface area contributed by atoms with Crippen LogP contribution in [0, 0.1) is 0 Å². The van der Waals surface area contributed by atoms with Crippen molar-refractivity contribution < 1.29 is 0 Å². The van der Waals surface area contributed by atoms with E-state index in [4.69, 9.17) is 0 Å². The summed E-state index contributed by atoms with van der Waals surface area (Å²) in [6, 6.07) is 9.38. The average molecular weight is 288 g/mol. The van der Waals surface area contributed by atoms with Gasteiger partial charge < -0.3 is 9.88 Å². The van der Waals surface area contributed by atoms with Crippen LogP contribution in [0.25, 0.3) is 10.9 Å². The summed E-state index contributed by atoms with van der Waals surface area (Å²) in [5, 5.41) is 6.01. The Kier molecular flexibility index (Phi) is 4.37. The minimum Gasteiger partial charge on any atom is -0.350 e. The summed E-state index contributed by atoms with van der Waals surface area (Å²) in [6.45, 7) is 3.26. The number of hydrogen-bond acceptors (Lipinski definition) is 2. The van der Waals surface area contributed by atoms with Gasteiger partial charge in [-0.05, 0) is 30.2 Å². The Morgan fingerprint density at radius 1 is 1.30 bits per heavy atom. The van der Waals surface area contributed by atoms with Crippen molar-refractivity contribution in [3.8, 4) is 0 Å². The van der Waals surface area contributed by atoms with Gasteiger partial charge in [0.2, 0.25) is 0 Å². The predicted molar refractivity (Wildman–Crippen MR) is 89.3 cm³/mol. The molecule has 1 heterocycles. The summed E-state index contributed by atoms with van der Waals surface area (Å²) in [5.74, 6) is 1.23. The first-order chi connectivity index (χ1) is 9.79. The Labute approximate surface area is 125 Å². The number of rotatable bonds is 5. The average Bonchev–Trinajstić information content (AvgIpc) is 3.03. The number of benzene rings is 1. The van der Waals surface area contributed by atoms with Crippen LogP contribution >= 0.6 is 11.8 Å². The van der Waals surface area contributed by atoms with Crippen LogP contribution < -0.4 is 5.32 Å². The molecule has 1 aliphatic rings. The van der Waals surface area contributed by atoms with Gasteiger partial charge >= 0.3 is 0 Å². The maximum Gasteiger partial charge on any atom is 0.0481 e. The third-order valence-electron chi connectivity index (χ3n) is 4.37. The molecule has 1 N–H and O–H groups in total. The second-order valence-corrected chi connectivity index (χ2v) is 7.21. The highest BCUT2D eigenvalue weighted by atomic mass is 32.2. The van der Waals surface area contributed by atoms with Crippen molar-refractivity contribution in [1.82, 2.24) is 9.88 Å². The molecule has 0 saturated heterocycles. The molecule has 108 valence electrons. The van der Waals surface area contributed by atoms with Crippen molar-refractivity contribution in [2.75, 3.05) is 5.75 Å². The summed E-state index contributed by atoms with van der Waals surface area (Å²) in [6.07, 6.45) is 6.37. The van der Waals surface area contributed by atoms with Gasteiger partial charge in [0.05, 0.1) is 0 Å². The van der Waals surface area contributed by atoms with Crippen molar-refractivity contribution in [2.24, 2.45) is 7.05 Å². The number of nitrogens with zero attached hydrogens (tertiary/aromatic N) is 1. The van der Waals surface area contributed by atoms with Crippen LogP contribution in [0.2, 0.25) is 0 Å². The van der Waals surface area contributed by atoms with Crippen LogP contribution in [0.3, 0.4) is 0 Å². The van der Waals surface area contributed by atoms with Crippen molar-refractivity contribution >= 4 is 22.7 Å². The van der Waals surface area contributed by atoms with E-state index in [9.17, 15) is 0 Å². The molecule has 20 heavy (non-hydrogen) atoms. The van der Waals surface area contributed by atoms with Gasteiger partial charge in [-0.25, -0.2) is 0 Å². The van der Waals surface area contributed by atoms with Crippen molar-refractivity contribution in [2.45, 2.75) is 44.0 Å². The fourth-order valence-corrected chi connectivity index (χ4v) is 4.61. The van der Waals surface area contributed by atoms with Crippen molar-refractivity contribution in [3.05, 3.63) is 36.0 Å². The molecule has 3 rings (SSSR count). The van der Waals surface area contributed by atoms with Gasteiger partial charge in [-0.1, -0.05) is 31.5 Å². The second-order valence-electron chi connectivity index (χ2n) is 5.69.